The van der Waals surface area contributed by atoms with Gasteiger partial charge in [0.2, 0.25) is 0 Å². The summed E-state index contributed by atoms with van der Waals surface area (Å²) in [5, 5.41) is 14.0. The Morgan fingerprint density at radius 2 is 1.77 bits per heavy atom. The quantitative estimate of drug-likeness (QED) is 0.723. The maximum absolute atomic E-state index is 12.0. The Morgan fingerprint density at radius 1 is 1.09 bits per heavy atom. The molecule has 0 unspecified atom stereocenters. The molecule has 0 aliphatic carbocycles. The van der Waals surface area contributed by atoms with Crippen molar-refractivity contribution >= 4 is 16.7 Å². The SMILES string of the molecule is Cc1cc(C)cc(NCc2c(O)c3ccccc3oc2=O)c1. The second-order valence-electron chi connectivity index (χ2n) is 5.44. The van der Waals surface area contributed by atoms with Gasteiger partial charge in [-0.1, -0.05) is 18.2 Å². The summed E-state index contributed by atoms with van der Waals surface area (Å²) in [5.74, 6) is -0.0243. The Kier molecular flexibility index (Phi) is 3.59. The molecule has 0 amide bonds. The molecule has 0 fully saturated rings. The van der Waals surface area contributed by atoms with Crippen LogP contribution in [0.2, 0.25) is 0 Å². The zero-order valence-corrected chi connectivity index (χ0v) is 12.5. The molecule has 2 N–H and O–H groups in total. The molecule has 1 aromatic heterocycles. The smallest absolute Gasteiger partial charge is 0.345 e. The van der Waals surface area contributed by atoms with Crippen molar-refractivity contribution in [1.82, 2.24) is 0 Å². The molecule has 112 valence electrons. The van der Waals surface area contributed by atoms with Crippen molar-refractivity contribution in [1.29, 1.82) is 0 Å². The molecule has 0 saturated heterocycles. The molecule has 2 aromatic carbocycles. The fourth-order valence-electron chi connectivity index (χ4n) is 2.60. The van der Waals surface area contributed by atoms with Crippen molar-refractivity contribution in [3.05, 3.63) is 69.6 Å². The fourth-order valence-corrected chi connectivity index (χ4v) is 2.60. The van der Waals surface area contributed by atoms with Crippen molar-refractivity contribution < 1.29 is 9.52 Å². The Morgan fingerprint density at radius 3 is 2.50 bits per heavy atom. The summed E-state index contributed by atoms with van der Waals surface area (Å²) < 4.78 is 5.25. The third-order valence-electron chi connectivity index (χ3n) is 3.57. The summed E-state index contributed by atoms with van der Waals surface area (Å²) in [6.45, 7) is 4.24. The molecule has 22 heavy (non-hydrogen) atoms. The lowest BCUT2D eigenvalue weighted by Gasteiger charge is -2.10. The minimum absolute atomic E-state index is 0.0243. The zero-order chi connectivity index (χ0) is 15.7. The van der Waals surface area contributed by atoms with Crippen LogP contribution >= 0.6 is 0 Å². The lowest BCUT2D eigenvalue weighted by Crippen LogP contribution is -2.12. The van der Waals surface area contributed by atoms with Crippen LogP contribution in [0.4, 0.5) is 5.69 Å². The first kappa shape index (κ1) is 14.2. The van der Waals surface area contributed by atoms with Crippen LogP contribution in [0, 0.1) is 13.8 Å². The molecule has 4 heteroatoms. The zero-order valence-electron chi connectivity index (χ0n) is 12.5. The third kappa shape index (κ3) is 2.68. The van der Waals surface area contributed by atoms with Gasteiger partial charge in [-0.3, -0.25) is 0 Å². The molecule has 3 rings (SSSR count). The van der Waals surface area contributed by atoms with E-state index in [0.717, 1.165) is 16.8 Å². The van der Waals surface area contributed by atoms with Crippen LogP contribution in [0.1, 0.15) is 16.7 Å². The minimum atomic E-state index is -0.520. The lowest BCUT2D eigenvalue weighted by molar-refractivity contribution is 0.458. The van der Waals surface area contributed by atoms with Crippen molar-refractivity contribution in [3.8, 4) is 5.75 Å². The van der Waals surface area contributed by atoms with Crippen LogP contribution in [0.25, 0.3) is 11.0 Å². The van der Waals surface area contributed by atoms with Crippen molar-refractivity contribution in [2.75, 3.05) is 5.32 Å². The van der Waals surface area contributed by atoms with Crippen LogP contribution in [0.15, 0.2) is 51.7 Å². The molecule has 4 nitrogen and oxygen atoms in total. The van der Waals surface area contributed by atoms with E-state index in [9.17, 15) is 9.90 Å². The fraction of sp³-hybridized carbons (Fsp3) is 0.167. The van der Waals surface area contributed by atoms with Crippen LogP contribution in [-0.2, 0) is 6.54 Å². The normalized spacial score (nSPS) is 10.8. The highest BCUT2D eigenvalue weighted by atomic mass is 16.4. The van der Waals surface area contributed by atoms with E-state index in [1.54, 1.807) is 24.3 Å². The molecule has 0 spiro atoms. The number of hydrogen-bond acceptors (Lipinski definition) is 4. The number of rotatable bonds is 3. The van der Waals surface area contributed by atoms with Gasteiger partial charge in [0, 0.05) is 5.69 Å². The molecular weight excluding hydrogens is 278 g/mol. The van der Waals surface area contributed by atoms with Gasteiger partial charge in [-0.25, -0.2) is 4.79 Å². The molecule has 0 aliphatic heterocycles. The third-order valence-corrected chi connectivity index (χ3v) is 3.57. The monoisotopic (exact) mass is 295 g/mol. The van der Waals surface area contributed by atoms with Gasteiger partial charge in [0.15, 0.2) is 0 Å². The highest BCUT2D eigenvalue weighted by Gasteiger charge is 2.13. The summed E-state index contributed by atoms with van der Waals surface area (Å²) in [7, 11) is 0. The molecular formula is C18H17NO3. The average molecular weight is 295 g/mol. The number of aromatic hydroxyl groups is 1. The number of fused-ring (bicyclic) bond motifs is 1. The Labute approximate surface area is 128 Å². The number of aryl methyl sites for hydroxylation is 2. The van der Waals surface area contributed by atoms with Gasteiger partial charge < -0.3 is 14.8 Å². The van der Waals surface area contributed by atoms with Crippen LogP contribution < -0.4 is 10.9 Å². The number of para-hydroxylation sites is 1. The van der Waals surface area contributed by atoms with Crippen molar-refractivity contribution in [3.63, 3.8) is 0 Å². The molecule has 0 radical (unpaired) electrons. The molecule has 3 aromatic rings. The van der Waals surface area contributed by atoms with Gasteiger partial charge in [0.05, 0.1) is 17.5 Å². The number of hydrogen-bond donors (Lipinski definition) is 2. The van der Waals surface area contributed by atoms with E-state index >= 15 is 0 Å². The minimum Gasteiger partial charge on any atom is -0.507 e. The first-order valence-corrected chi connectivity index (χ1v) is 7.10. The second kappa shape index (κ2) is 5.56. The summed E-state index contributed by atoms with van der Waals surface area (Å²) in [6.07, 6.45) is 0. The molecule has 0 saturated carbocycles. The predicted octanol–water partition coefficient (Wildman–Crippen LogP) is 3.73. The lowest BCUT2D eigenvalue weighted by atomic mass is 10.1. The Bertz CT molecular complexity index is 876. The van der Waals surface area contributed by atoms with E-state index in [0.29, 0.717) is 11.0 Å². The average Bonchev–Trinajstić information content (AvgIpc) is 2.46. The summed E-state index contributed by atoms with van der Waals surface area (Å²) in [6, 6.07) is 13.0. The first-order valence-electron chi connectivity index (χ1n) is 7.10. The maximum atomic E-state index is 12.0. The predicted molar refractivity (Wildman–Crippen MR) is 87.4 cm³/mol. The van der Waals surface area contributed by atoms with E-state index in [1.165, 1.54) is 0 Å². The summed E-state index contributed by atoms with van der Waals surface area (Å²) in [5.41, 5.74) is 3.28. The van der Waals surface area contributed by atoms with E-state index in [-0.39, 0.29) is 17.9 Å². The maximum Gasteiger partial charge on any atom is 0.345 e. The van der Waals surface area contributed by atoms with Gasteiger partial charge >= 0.3 is 5.63 Å². The van der Waals surface area contributed by atoms with Gasteiger partial charge in [-0.15, -0.1) is 0 Å². The van der Waals surface area contributed by atoms with E-state index in [1.807, 2.05) is 26.0 Å². The highest BCUT2D eigenvalue weighted by molar-refractivity contribution is 5.84. The Balaban J connectivity index is 1.95. The summed E-state index contributed by atoms with van der Waals surface area (Å²) in [4.78, 5) is 12.0. The number of anilines is 1. The second-order valence-corrected chi connectivity index (χ2v) is 5.44. The van der Waals surface area contributed by atoms with Gasteiger partial charge in [0.1, 0.15) is 11.3 Å². The van der Waals surface area contributed by atoms with Gasteiger partial charge in [0.25, 0.3) is 0 Å². The Hall–Kier alpha value is -2.75. The van der Waals surface area contributed by atoms with Gasteiger partial charge in [-0.2, -0.15) is 0 Å². The molecule has 0 aliphatic rings. The largest absolute Gasteiger partial charge is 0.507 e. The highest BCUT2D eigenvalue weighted by Crippen LogP contribution is 2.26. The molecule has 0 bridgehead atoms. The number of benzene rings is 2. The van der Waals surface area contributed by atoms with Gasteiger partial charge in [-0.05, 0) is 49.2 Å². The number of nitrogens with one attached hydrogen (secondary N) is 1. The van der Waals surface area contributed by atoms with Crippen LogP contribution in [-0.4, -0.2) is 5.11 Å². The van der Waals surface area contributed by atoms with Crippen LogP contribution in [0.5, 0.6) is 5.75 Å². The first-order chi connectivity index (χ1) is 10.5. The van der Waals surface area contributed by atoms with E-state index in [2.05, 4.69) is 11.4 Å². The van der Waals surface area contributed by atoms with Crippen LogP contribution in [0.3, 0.4) is 0 Å². The van der Waals surface area contributed by atoms with Crippen molar-refractivity contribution in [2.45, 2.75) is 20.4 Å². The van der Waals surface area contributed by atoms with E-state index in [4.69, 9.17) is 4.42 Å². The van der Waals surface area contributed by atoms with E-state index < -0.39 is 5.63 Å². The topological polar surface area (TPSA) is 62.5 Å². The molecule has 1 heterocycles. The standard InChI is InChI=1S/C18H17NO3/c1-11-7-12(2)9-13(8-11)19-10-15-17(20)14-5-3-4-6-16(14)22-18(15)21/h3-9,19-20H,10H2,1-2H3. The molecule has 0 atom stereocenters. The van der Waals surface area contributed by atoms with Crippen molar-refractivity contribution in [2.24, 2.45) is 0 Å². The summed E-state index contributed by atoms with van der Waals surface area (Å²) >= 11 is 0.